The predicted molar refractivity (Wildman–Crippen MR) is 109 cm³/mol. The molecule has 0 aliphatic carbocycles. The van der Waals surface area contributed by atoms with Gasteiger partial charge in [0.2, 0.25) is 5.75 Å². The van der Waals surface area contributed by atoms with Crippen LogP contribution in [0.3, 0.4) is 0 Å². The Morgan fingerprint density at radius 2 is 1.96 bits per heavy atom. The lowest BCUT2D eigenvalue weighted by Crippen LogP contribution is -2.11. The third-order valence-corrected chi connectivity index (χ3v) is 5.82. The maximum absolute atomic E-state index is 12.5. The van der Waals surface area contributed by atoms with E-state index >= 15 is 0 Å². The van der Waals surface area contributed by atoms with Gasteiger partial charge in [-0.15, -0.1) is 0 Å². The van der Waals surface area contributed by atoms with Crippen LogP contribution in [0.1, 0.15) is 12.5 Å². The minimum Gasteiger partial charge on any atom is -0.490 e. The van der Waals surface area contributed by atoms with Crippen LogP contribution in [0.15, 0.2) is 57.3 Å². The summed E-state index contributed by atoms with van der Waals surface area (Å²) in [6.45, 7) is 1.99. The van der Waals surface area contributed by atoms with Crippen LogP contribution in [0.2, 0.25) is 5.02 Å². The third-order valence-electron chi connectivity index (χ3n) is 3.49. The fourth-order valence-electron chi connectivity index (χ4n) is 2.34. The van der Waals surface area contributed by atoms with Gasteiger partial charge in [0.1, 0.15) is 4.90 Å². The van der Waals surface area contributed by atoms with Gasteiger partial charge in [-0.2, -0.15) is 13.4 Å². The molecule has 146 valence electrons. The van der Waals surface area contributed by atoms with E-state index < -0.39 is 16.0 Å². The first-order valence-corrected chi connectivity index (χ1v) is 10.6. The van der Waals surface area contributed by atoms with Crippen LogP contribution >= 0.6 is 23.4 Å². The molecule has 2 aromatic rings. The molecule has 10 heteroatoms. The van der Waals surface area contributed by atoms with Crippen molar-refractivity contribution < 1.29 is 22.1 Å². The first-order chi connectivity index (χ1) is 13.3. The highest BCUT2D eigenvalue weighted by atomic mass is 35.5. The van der Waals surface area contributed by atoms with E-state index in [1.807, 2.05) is 0 Å². The van der Waals surface area contributed by atoms with E-state index in [9.17, 15) is 13.2 Å². The highest BCUT2D eigenvalue weighted by molar-refractivity contribution is 8.18. The van der Waals surface area contributed by atoms with Gasteiger partial charge in [-0.05, 0) is 54.6 Å². The highest BCUT2D eigenvalue weighted by Gasteiger charge is 2.23. The molecule has 0 aromatic heterocycles. The Morgan fingerprint density at radius 1 is 1.25 bits per heavy atom. The molecule has 2 N–H and O–H groups in total. The smallest absolute Gasteiger partial charge is 0.339 e. The topological polar surface area (TPSA) is 108 Å². The zero-order valence-electron chi connectivity index (χ0n) is 14.6. The molecule has 2 aromatic carbocycles. The van der Waals surface area contributed by atoms with E-state index in [0.29, 0.717) is 10.5 Å². The number of carbonyl (C=O) groups is 1. The molecule has 0 saturated carbocycles. The first kappa shape index (κ1) is 20.2. The number of nitrogens with two attached hydrogens (primary N) is 1. The standard InChI is InChI=1S/C18H15ClN2O5S2/c1-2-25-14-9-11(10-15-17(22)21-18(20)27-15)8-13(19)16(14)26-28(23,24)12-6-4-3-5-7-12/h3-10H,2H2,1H3,(H2,20,21,22)/b15-10-. The second-order valence-electron chi connectivity index (χ2n) is 5.48. The molecule has 0 fully saturated rings. The molecule has 3 rings (SSSR count). The number of carbonyl (C=O) groups excluding carboxylic acids is 1. The number of hydrogen-bond acceptors (Lipinski definition) is 7. The van der Waals surface area contributed by atoms with Crippen molar-refractivity contribution in [3.63, 3.8) is 0 Å². The number of benzene rings is 2. The van der Waals surface area contributed by atoms with Gasteiger partial charge in [0.05, 0.1) is 16.5 Å². The van der Waals surface area contributed by atoms with Crippen LogP contribution in [0.5, 0.6) is 11.5 Å². The summed E-state index contributed by atoms with van der Waals surface area (Å²) in [5.74, 6) is -0.454. The molecule has 1 aliphatic rings. The Bertz CT molecular complexity index is 1080. The molecule has 7 nitrogen and oxygen atoms in total. The zero-order chi connectivity index (χ0) is 20.3. The monoisotopic (exact) mass is 438 g/mol. The van der Waals surface area contributed by atoms with Crippen molar-refractivity contribution in [3.05, 3.63) is 58.0 Å². The third kappa shape index (κ3) is 4.49. The largest absolute Gasteiger partial charge is 0.490 e. The molecular formula is C18H15ClN2O5S2. The number of aliphatic imine (C=N–C) groups is 1. The van der Waals surface area contributed by atoms with Crippen LogP contribution < -0.4 is 14.7 Å². The van der Waals surface area contributed by atoms with Gasteiger partial charge >= 0.3 is 10.1 Å². The van der Waals surface area contributed by atoms with E-state index in [0.717, 1.165) is 11.8 Å². The fourth-order valence-corrected chi connectivity index (χ4v) is 4.30. The summed E-state index contributed by atoms with van der Waals surface area (Å²) in [4.78, 5) is 15.7. The van der Waals surface area contributed by atoms with Crippen LogP contribution in [0.25, 0.3) is 6.08 Å². The van der Waals surface area contributed by atoms with E-state index in [-0.39, 0.29) is 33.2 Å². The quantitative estimate of drug-likeness (QED) is 0.543. The summed E-state index contributed by atoms with van der Waals surface area (Å²) in [7, 11) is -4.10. The summed E-state index contributed by atoms with van der Waals surface area (Å²) in [6, 6.07) is 10.7. The van der Waals surface area contributed by atoms with Gasteiger partial charge in [-0.25, -0.2) is 0 Å². The molecule has 0 saturated heterocycles. The van der Waals surface area contributed by atoms with Gasteiger partial charge in [0, 0.05) is 0 Å². The number of ether oxygens (including phenoxy) is 1. The average molecular weight is 439 g/mol. The minimum absolute atomic E-state index is 0.0136. The zero-order valence-corrected chi connectivity index (χ0v) is 17.0. The lowest BCUT2D eigenvalue weighted by molar-refractivity contribution is -0.113. The van der Waals surface area contributed by atoms with Gasteiger partial charge in [-0.1, -0.05) is 29.8 Å². The summed E-state index contributed by atoms with van der Waals surface area (Å²) in [5.41, 5.74) is 6.05. The first-order valence-electron chi connectivity index (χ1n) is 8.04. The van der Waals surface area contributed by atoms with Crippen molar-refractivity contribution in [2.45, 2.75) is 11.8 Å². The summed E-state index contributed by atoms with van der Waals surface area (Å²) >= 11 is 7.30. The van der Waals surface area contributed by atoms with Crippen LogP contribution in [-0.4, -0.2) is 26.1 Å². The molecule has 28 heavy (non-hydrogen) atoms. The Kier molecular flexibility index (Phi) is 5.97. The van der Waals surface area contributed by atoms with Gasteiger partial charge in [0.15, 0.2) is 10.9 Å². The lowest BCUT2D eigenvalue weighted by Gasteiger charge is -2.14. The van der Waals surface area contributed by atoms with Crippen LogP contribution in [0, 0.1) is 0 Å². The molecule has 0 bridgehead atoms. The lowest BCUT2D eigenvalue weighted by atomic mass is 10.2. The number of hydrogen-bond donors (Lipinski definition) is 1. The second-order valence-corrected chi connectivity index (χ2v) is 8.50. The maximum atomic E-state index is 12.5. The fraction of sp³-hybridized carbons (Fsp3) is 0.111. The molecule has 0 unspecified atom stereocenters. The molecule has 0 radical (unpaired) electrons. The summed E-state index contributed by atoms with van der Waals surface area (Å²) in [6.07, 6.45) is 1.54. The number of thioether (sulfide) groups is 1. The van der Waals surface area contributed by atoms with Crippen molar-refractivity contribution in [2.24, 2.45) is 10.7 Å². The van der Waals surface area contributed by atoms with Gasteiger partial charge in [0.25, 0.3) is 5.91 Å². The van der Waals surface area contributed by atoms with Crippen molar-refractivity contribution in [3.8, 4) is 11.5 Å². The van der Waals surface area contributed by atoms with Crippen LogP contribution in [0.4, 0.5) is 0 Å². The molecule has 1 amide bonds. The Labute approximate surface area is 171 Å². The SMILES string of the molecule is CCOc1cc(/C=C2\SC(N)=NC2=O)cc(Cl)c1OS(=O)(=O)c1ccccc1. The molecule has 0 atom stereocenters. The normalized spacial score (nSPS) is 15.6. The number of halogens is 1. The van der Waals surface area contributed by atoms with E-state index in [4.69, 9.17) is 26.3 Å². The molecular weight excluding hydrogens is 424 g/mol. The average Bonchev–Trinajstić information content (AvgIpc) is 2.96. The van der Waals surface area contributed by atoms with Crippen molar-refractivity contribution in [1.29, 1.82) is 0 Å². The summed E-state index contributed by atoms with van der Waals surface area (Å²) in [5, 5.41) is 0.169. The van der Waals surface area contributed by atoms with Gasteiger partial charge in [-0.3, -0.25) is 4.79 Å². The Morgan fingerprint density at radius 3 is 2.57 bits per heavy atom. The summed E-state index contributed by atoms with van der Waals surface area (Å²) < 4.78 is 35.8. The number of rotatable bonds is 6. The van der Waals surface area contributed by atoms with Crippen molar-refractivity contribution in [2.75, 3.05) is 6.61 Å². The number of amidine groups is 1. The predicted octanol–water partition coefficient (Wildman–Crippen LogP) is 3.44. The molecule has 1 heterocycles. The second kappa shape index (κ2) is 8.26. The maximum Gasteiger partial charge on any atom is 0.339 e. The van der Waals surface area contributed by atoms with Gasteiger partial charge < -0.3 is 14.7 Å². The Hall–Kier alpha value is -2.49. The molecule has 0 spiro atoms. The number of nitrogens with zero attached hydrogens (tertiary/aromatic N) is 1. The number of amides is 1. The van der Waals surface area contributed by atoms with E-state index in [1.165, 1.54) is 24.3 Å². The van der Waals surface area contributed by atoms with Crippen LogP contribution in [-0.2, 0) is 14.9 Å². The van der Waals surface area contributed by atoms with Crippen molar-refractivity contribution >= 4 is 50.6 Å². The minimum atomic E-state index is -4.10. The Balaban J connectivity index is 1.99. The van der Waals surface area contributed by atoms with E-state index in [2.05, 4.69) is 4.99 Å². The highest BCUT2D eigenvalue weighted by Crippen LogP contribution is 2.39. The van der Waals surface area contributed by atoms with Crippen molar-refractivity contribution in [1.82, 2.24) is 0 Å². The molecule has 1 aliphatic heterocycles. The van der Waals surface area contributed by atoms with E-state index in [1.54, 1.807) is 31.2 Å².